The number of benzene rings is 2. The number of nitrogens with zero attached hydrogens (tertiary/aromatic N) is 2. The van der Waals surface area contributed by atoms with Crippen molar-refractivity contribution in [2.45, 2.75) is 17.7 Å². The van der Waals surface area contributed by atoms with Crippen LogP contribution in [0.2, 0.25) is 5.02 Å². The van der Waals surface area contributed by atoms with Gasteiger partial charge in [-0.2, -0.15) is 4.31 Å². The summed E-state index contributed by atoms with van der Waals surface area (Å²) < 4.78 is 26.8. The first-order valence-corrected chi connectivity index (χ1v) is 10.1. The lowest BCUT2D eigenvalue weighted by Crippen LogP contribution is -2.39. The van der Waals surface area contributed by atoms with Gasteiger partial charge in [0.15, 0.2) is 0 Å². The molecule has 0 radical (unpaired) electrons. The van der Waals surface area contributed by atoms with Gasteiger partial charge >= 0.3 is 0 Å². The second-order valence-corrected chi connectivity index (χ2v) is 8.43. The van der Waals surface area contributed by atoms with Gasteiger partial charge in [0, 0.05) is 20.1 Å². The Labute approximate surface area is 158 Å². The van der Waals surface area contributed by atoms with Gasteiger partial charge in [0.2, 0.25) is 10.0 Å². The van der Waals surface area contributed by atoms with E-state index in [1.54, 1.807) is 12.1 Å². The van der Waals surface area contributed by atoms with Gasteiger partial charge in [0.05, 0.1) is 21.2 Å². The third-order valence-corrected chi connectivity index (χ3v) is 6.52. The third-order valence-electron chi connectivity index (χ3n) is 4.30. The second kappa shape index (κ2) is 7.65. The molecule has 1 aliphatic heterocycles. The van der Waals surface area contributed by atoms with Crippen LogP contribution in [0.4, 0.5) is 5.69 Å². The Morgan fingerprint density at radius 3 is 2.42 bits per heavy atom. The zero-order chi connectivity index (χ0) is 18.7. The fourth-order valence-electron chi connectivity index (χ4n) is 2.85. The maximum atomic E-state index is 12.7. The zero-order valence-corrected chi connectivity index (χ0v) is 15.9. The smallest absolute Gasteiger partial charge is 0.271 e. The van der Waals surface area contributed by atoms with Crippen molar-refractivity contribution in [2.24, 2.45) is 0 Å². The highest BCUT2D eigenvalue weighted by Crippen LogP contribution is 2.25. The molecule has 3 rings (SSSR count). The normalized spacial score (nSPS) is 15.0. The van der Waals surface area contributed by atoms with Crippen LogP contribution in [0.15, 0.2) is 53.4 Å². The average molecular weight is 394 g/mol. The summed E-state index contributed by atoms with van der Waals surface area (Å²) in [7, 11) is -1.91. The molecule has 8 heteroatoms. The summed E-state index contributed by atoms with van der Waals surface area (Å²) in [4.78, 5) is 12.7. The number of halogens is 1. The Balaban J connectivity index is 1.84. The summed E-state index contributed by atoms with van der Waals surface area (Å²) in [6.45, 7) is 1.01. The molecule has 2 aromatic carbocycles. The predicted molar refractivity (Wildman–Crippen MR) is 102 cm³/mol. The van der Waals surface area contributed by atoms with E-state index in [0.717, 1.165) is 18.5 Å². The van der Waals surface area contributed by atoms with E-state index in [9.17, 15) is 13.2 Å². The Morgan fingerprint density at radius 1 is 1.12 bits per heavy atom. The molecule has 0 saturated carbocycles. The van der Waals surface area contributed by atoms with Crippen molar-refractivity contribution in [1.29, 1.82) is 0 Å². The standard InChI is InChI=1S/C18H20ClN3O3S/c1-21(14-7-3-2-4-8-14)20-18(23)16-13-15(9-10-17(16)19)26(24,25)22-11-5-6-12-22/h2-4,7-10,13H,5-6,11-12H2,1H3,(H,20,23). The molecule has 0 atom stereocenters. The number of rotatable bonds is 5. The van der Waals surface area contributed by atoms with Crippen LogP contribution in [-0.2, 0) is 10.0 Å². The van der Waals surface area contributed by atoms with E-state index in [4.69, 9.17) is 11.6 Å². The Kier molecular flexibility index (Phi) is 5.50. The van der Waals surface area contributed by atoms with Crippen molar-refractivity contribution >= 4 is 33.2 Å². The minimum atomic E-state index is -3.61. The highest BCUT2D eigenvalue weighted by atomic mass is 35.5. The van der Waals surface area contributed by atoms with Crippen LogP contribution in [0.1, 0.15) is 23.2 Å². The van der Waals surface area contributed by atoms with E-state index in [2.05, 4.69) is 5.43 Å². The summed E-state index contributed by atoms with van der Waals surface area (Å²) in [5.41, 5.74) is 3.61. The second-order valence-electron chi connectivity index (χ2n) is 6.09. The molecule has 0 aromatic heterocycles. The number of hydrogen-bond acceptors (Lipinski definition) is 4. The van der Waals surface area contributed by atoms with Gasteiger partial charge in [0.1, 0.15) is 0 Å². The van der Waals surface area contributed by atoms with Crippen molar-refractivity contribution in [1.82, 2.24) is 9.73 Å². The highest BCUT2D eigenvalue weighted by Gasteiger charge is 2.28. The molecule has 1 saturated heterocycles. The SMILES string of the molecule is CN(NC(=O)c1cc(S(=O)(=O)N2CCCC2)ccc1Cl)c1ccccc1. The van der Waals surface area contributed by atoms with E-state index >= 15 is 0 Å². The fraction of sp³-hybridized carbons (Fsp3) is 0.278. The zero-order valence-electron chi connectivity index (χ0n) is 14.4. The van der Waals surface area contributed by atoms with Gasteiger partial charge in [-0.05, 0) is 43.2 Å². The average Bonchev–Trinajstić information content (AvgIpc) is 3.18. The number of hydrazine groups is 1. The molecule has 1 N–H and O–H groups in total. The van der Waals surface area contributed by atoms with Crippen LogP contribution in [0, 0.1) is 0 Å². The summed E-state index contributed by atoms with van der Waals surface area (Å²) in [6, 6.07) is 13.5. The monoisotopic (exact) mass is 393 g/mol. The molecule has 0 bridgehead atoms. The highest BCUT2D eigenvalue weighted by molar-refractivity contribution is 7.89. The number of sulfonamides is 1. The van der Waals surface area contributed by atoms with Crippen molar-refractivity contribution < 1.29 is 13.2 Å². The van der Waals surface area contributed by atoms with Crippen LogP contribution in [0.3, 0.4) is 0 Å². The number of para-hydroxylation sites is 1. The lowest BCUT2D eigenvalue weighted by atomic mass is 10.2. The quantitative estimate of drug-likeness (QED) is 0.793. The molecule has 0 unspecified atom stereocenters. The molecule has 0 spiro atoms. The van der Waals surface area contributed by atoms with Crippen molar-refractivity contribution in [3.8, 4) is 0 Å². The molecule has 1 heterocycles. The summed E-state index contributed by atoms with van der Waals surface area (Å²) >= 11 is 6.14. The van der Waals surface area contributed by atoms with Crippen LogP contribution in [0.5, 0.6) is 0 Å². The molecule has 26 heavy (non-hydrogen) atoms. The van der Waals surface area contributed by atoms with Crippen LogP contribution in [0.25, 0.3) is 0 Å². The van der Waals surface area contributed by atoms with E-state index in [1.165, 1.54) is 22.5 Å². The minimum Gasteiger partial charge on any atom is -0.288 e. The van der Waals surface area contributed by atoms with Gasteiger partial charge in [-0.25, -0.2) is 8.42 Å². The number of carbonyl (C=O) groups is 1. The Bertz CT molecular complexity index is 897. The molecule has 6 nitrogen and oxygen atoms in total. The molecule has 138 valence electrons. The molecule has 1 amide bonds. The van der Waals surface area contributed by atoms with Crippen molar-refractivity contribution in [2.75, 3.05) is 25.1 Å². The van der Waals surface area contributed by atoms with Gasteiger partial charge in [-0.1, -0.05) is 29.8 Å². The lowest BCUT2D eigenvalue weighted by molar-refractivity contribution is 0.0951. The number of carbonyl (C=O) groups excluding carboxylic acids is 1. The topological polar surface area (TPSA) is 69.7 Å². The lowest BCUT2D eigenvalue weighted by Gasteiger charge is -2.21. The predicted octanol–water partition coefficient (Wildman–Crippen LogP) is 2.91. The van der Waals surface area contributed by atoms with Crippen LogP contribution >= 0.6 is 11.6 Å². The number of nitrogens with one attached hydrogen (secondary N) is 1. The molecule has 0 aliphatic carbocycles. The van der Waals surface area contributed by atoms with Crippen LogP contribution in [-0.4, -0.2) is 38.8 Å². The third kappa shape index (κ3) is 3.85. The van der Waals surface area contributed by atoms with Gasteiger partial charge in [-0.3, -0.25) is 15.2 Å². The first kappa shape index (κ1) is 18.7. The first-order valence-electron chi connectivity index (χ1n) is 8.29. The summed E-state index contributed by atoms with van der Waals surface area (Å²) in [6.07, 6.45) is 1.70. The summed E-state index contributed by atoms with van der Waals surface area (Å²) in [5.74, 6) is -0.472. The van der Waals surface area contributed by atoms with Crippen molar-refractivity contribution in [3.05, 3.63) is 59.1 Å². The number of amides is 1. The minimum absolute atomic E-state index is 0.0799. The number of hydrogen-bond donors (Lipinski definition) is 1. The first-order chi connectivity index (χ1) is 12.4. The van der Waals surface area contributed by atoms with Gasteiger partial charge in [-0.15, -0.1) is 0 Å². The van der Waals surface area contributed by atoms with E-state index in [1.807, 2.05) is 30.3 Å². The largest absolute Gasteiger partial charge is 0.288 e. The maximum Gasteiger partial charge on any atom is 0.271 e. The Morgan fingerprint density at radius 2 is 1.77 bits per heavy atom. The molecular formula is C18H20ClN3O3S. The molecule has 2 aromatic rings. The Hall–Kier alpha value is -2.09. The van der Waals surface area contributed by atoms with E-state index < -0.39 is 15.9 Å². The maximum absolute atomic E-state index is 12.7. The van der Waals surface area contributed by atoms with E-state index in [0.29, 0.717) is 13.1 Å². The van der Waals surface area contributed by atoms with Crippen LogP contribution < -0.4 is 10.4 Å². The van der Waals surface area contributed by atoms with Gasteiger partial charge < -0.3 is 0 Å². The molecule has 1 aliphatic rings. The number of anilines is 1. The molecule has 1 fully saturated rings. The van der Waals surface area contributed by atoms with E-state index in [-0.39, 0.29) is 15.5 Å². The summed E-state index contributed by atoms with van der Waals surface area (Å²) in [5, 5.41) is 1.75. The van der Waals surface area contributed by atoms with Gasteiger partial charge in [0.25, 0.3) is 5.91 Å². The van der Waals surface area contributed by atoms with Crippen molar-refractivity contribution in [3.63, 3.8) is 0 Å². The molecular weight excluding hydrogens is 374 g/mol. The fourth-order valence-corrected chi connectivity index (χ4v) is 4.59.